The molecule has 2 N–H and O–H groups in total. The number of benzene rings is 1. The topological polar surface area (TPSA) is 60.2 Å². The summed E-state index contributed by atoms with van der Waals surface area (Å²) in [6.07, 6.45) is 1.84. The van der Waals surface area contributed by atoms with Crippen LogP contribution in [0.3, 0.4) is 0 Å². The summed E-state index contributed by atoms with van der Waals surface area (Å²) in [5.41, 5.74) is 8.74. The Kier molecular flexibility index (Phi) is 1.61. The summed E-state index contributed by atoms with van der Waals surface area (Å²) < 4.78 is 0. The number of hydrazine groups is 1. The monoisotopic (exact) mass is 196 g/mol. The maximum Gasteiger partial charge on any atom is 0.0991 e. The van der Waals surface area contributed by atoms with Crippen LogP contribution >= 0.6 is 0 Å². The van der Waals surface area contributed by atoms with E-state index in [0.717, 1.165) is 28.4 Å². The Balaban J connectivity index is 2.38. The van der Waals surface area contributed by atoms with Crippen LogP contribution in [0.25, 0.3) is 5.57 Å². The lowest BCUT2D eigenvalue weighted by Gasteiger charge is -2.12. The summed E-state index contributed by atoms with van der Waals surface area (Å²) in [4.78, 5) is 4.46. The second-order valence-electron chi connectivity index (χ2n) is 3.46. The molecule has 4 heteroatoms. The molecule has 0 saturated heterocycles. The summed E-state index contributed by atoms with van der Waals surface area (Å²) in [5.74, 6) is 0. The van der Waals surface area contributed by atoms with E-state index in [0.29, 0.717) is 5.56 Å². The molecule has 0 aromatic heterocycles. The van der Waals surface area contributed by atoms with Gasteiger partial charge in [0.15, 0.2) is 0 Å². The maximum absolute atomic E-state index is 8.83. The highest BCUT2D eigenvalue weighted by atomic mass is 15.4. The molecule has 1 aromatic rings. The molecule has 2 heterocycles. The zero-order chi connectivity index (χ0) is 10.3. The predicted octanol–water partition coefficient (Wildman–Crippen LogP) is -0.709. The van der Waals surface area contributed by atoms with E-state index in [1.165, 1.54) is 0 Å². The maximum atomic E-state index is 8.83. The average molecular weight is 196 g/mol. The highest BCUT2D eigenvalue weighted by molar-refractivity contribution is 5.68. The van der Waals surface area contributed by atoms with E-state index in [2.05, 4.69) is 21.9 Å². The molecule has 4 nitrogen and oxygen atoms in total. The Bertz CT molecular complexity index is 619. The van der Waals surface area contributed by atoms with Gasteiger partial charge in [-0.3, -0.25) is 0 Å². The van der Waals surface area contributed by atoms with Crippen molar-refractivity contribution < 1.29 is 0 Å². The Morgan fingerprint density at radius 3 is 3.20 bits per heavy atom. The van der Waals surface area contributed by atoms with Gasteiger partial charge in [-0.2, -0.15) is 5.26 Å². The fourth-order valence-corrected chi connectivity index (χ4v) is 1.84. The molecule has 3 rings (SSSR count). The molecule has 0 atom stereocenters. The van der Waals surface area contributed by atoms with Crippen molar-refractivity contribution in [3.05, 3.63) is 46.2 Å². The van der Waals surface area contributed by atoms with Crippen LogP contribution < -0.4 is 21.4 Å². The van der Waals surface area contributed by atoms with Gasteiger partial charge in [0, 0.05) is 23.5 Å². The molecular weight excluding hydrogens is 188 g/mol. The highest BCUT2D eigenvalue weighted by Gasteiger charge is 2.15. The molecule has 0 fully saturated rings. The highest BCUT2D eigenvalue weighted by Crippen LogP contribution is 2.13. The number of nitrogens with one attached hydrogen (secondary N) is 2. The van der Waals surface area contributed by atoms with Crippen LogP contribution in [0.1, 0.15) is 5.56 Å². The van der Waals surface area contributed by atoms with Gasteiger partial charge in [-0.1, -0.05) is 0 Å². The van der Waals surface area contributed by atoms with Crippen molar-refractivity contribution >= 4 is 5.57 Å². The van der Waals surface area contributed by atoms with Gasteiger partial charge in [-0.05, 0) is 18.2 Å². The van der Waals surface area contributed by atoms with Crippen molar-refractivity contribution in [2.75, 3.05) is 6.54 Å². The van der Waals surface area contributed by atoms with Crippen LogP contribution in [-0.4, -0.2) is 6.54 Å². The van der Waals surface area contributed by atoms with Crippen molar-refractivity contribution in [2.45, 2.75) is 0 Å². The van der Waals surface area contributed by atoms with Crippen LogP contribution in [0.15, 0.2) is 35.1 Å². The van der Waals surface area contributed by atoms with Crippen LogP contribution in [0, 0.1) is 11.3 Å². The number of fused-ring (bicyclic) bond motifs is 2. The number of rotatable bonds is 0. The van der Waals surface area contributed by atoms with E-state index in [-0.39, 0.29) is 0 Å². The molecule has 2 aliphatic heterocycles. The largest absolute Gasteiger partial charge is 0.326 e. The number of nitrogens with zero attached hydrogens (tertiary/aromatic N) is 2. The Morgan fingerprint density at radius 1 is 1.40 bits per heavy atom. The van der Waals surface area contributed by atoms with Crippen molar-refractivity contribution in [1.82, 2.24) is 10.9 Å². The van der Waals surface area contributed by atoms with Crippen LogP contribution in [0.5, 0.6) is 0 Å². The molecule has 15 heavy (non-hydrogen) atoms. The fourth-order valence-electron chi connectivity index (χ4n) is 1.84. The van der Waals surface area contributed by atoms with Crippen LogP contribution in [0.2, 0.25) is 0 Å². The fraction of sp³-hybridized carbons (Fsp3) is 0.0909. The molecular formula is C11H8N4. The molecule has 0 bridgehead atoms. The van der Waals surface area contributed by atoms with Crippen LogP contribution in [0.4, 0.5) is 0 Å². The van der Waals surface area contributed by atoms with Crippen LogP contribution in [-0.2, 0) is 0 Å². The summed E-state index contributed by atoms with van der Waals surface area (Å²) in [6, 6.07) is 7.71. The van der Waals surface area contributed by atoms with E-state index < -0.39 is 0 Å². The minimum absolute atomic E-state index is 0.677. The third-order valence-corrected chi connectivity index (χ3v) is 2.58. The van der Waals surface area contributed by atoms with E-state index >= 15 is 0 Å². The molecule has 0 unspecified atom stereocenters. The third-order valence-electron chi connectivity index (χ3n) is 2.58. The quantitative estimate of drug-likeness (QED) is 0.576. The first-order valence-electron chi connectivity index (χ1n) is 4.69. The van der Waals surface area contributed by atoms with Gasteiger partial charge in [0.25, 0.3) is 0 Å². The first-order valence-corrected chi connectivity index (χ1v) is 4.69. The second-order valence-corrected chi connectivity index (χ2v) is 3.46. The minimum Gasteiger partial charge on any atom is -0.326 e. The summed E-state index contributed by atoms with van der Waals surface area (Å²) in [5, 5.41) is 10.8. The lowest BCUT2D eigenvalue weighted by atomic mass is 10.1. The summed E-state index contributed by atoms with van der Waals surface area (Å²) >= 11 is 0. The second kappa shape index (κ2) is 2.94. The van der Waals surface area contributed by atoms with Gasteiger partial charge in [0.1, 0.15) is 0 Å². The number of nitriles is 1. The van der Waals surface area contributed by atoms with Crippen molar-refractivity contribution in [3.8, 4) is 6.07 Å². The predicted molar refractivity (Wildman–Crippen MR) is 54.6 cm³/mol. The molecule has 0 aliphatic carbocycles. The van der Waals surface area contributed by atoms with Crippen molar-refractivity contribution in [3.63, 3.8) is 0 Å². The zero-order valence-corrected chi connectivity index (χ0v) is 7.91. The van der Waals surface area contributed by atoms with E-state index in [4.69, 9.17) is 5.26 Å². The van der Waals surface area contributed by atoms with Gasteiger partial charge >= 0.3 is 0 Å². The normalized spacial score (nSPS) is 16.7. The van der Waals surface area contributed by atoms with Gasteiger partial charge in [0.05, 0.1) is 22.7 Å². The lowest BCUT2D eigenvalue weighted by molar-refractivity contribution is 0.667. The molecule has 0 amide bonds. The SMILES string of the molecule is N#Cc1ccc2c(c1)=C1CNNC=C1N=2. The number of hydrogen-bond acceptors (Lipinski definition) is 4. The summed E-state index contributed by atoms with van der Waals surface area (Å²) in [6.45, 7) is 0.733. The standard InChI is InChI=1S/C11H8N4/c12-4-7-1-2-10-8(3-7)9-5-13-14-6-11(9)15-10/h1-3,6,13-14H,5H2. The van der Waals surface area contributed by atoms with Gasteiger partial charge in [-0.15, -0.1) is 0 Å². The zero-order valence-electron chi connectivity index (χ0n) is 7.91. The van der Waals surface area contributed by atoms with Gasteiger partial charge < -0.3 is 5.43 Å². The van der Waals surface area contributed by atoms with Crippen molar-refractivity contribution in [2.24, 2.45) is 4.99 Å². The molecule has 0 spiro atoms. The third kappa shape index (κ3) is 1.14. The van der Waals surface area contributed by atoms with Gasteiger partial charge in [-0.25, -0.2) is 10.4 Å². The average Bonchev–Trinajstić information content (AvgIpc) is 2.66. The van der Waals surface area contributed by atoms with E-state index in [1.807, 2.05) is 18.3 Å². The Morgan fingerprint density at radius 2 is 2.33 bits per heavy atom. The van der Waals surface area contributed by atoms with E-state index in [1.54, 1.807) is 6.07 Å². The lowest BCUT2D eigenvalue weighted by Crippen LogP contribution is -2.35. The molecule has 0 saturated carbocycles. The molecule has 72 valence electrons. The number of hydrogen-bond donors (Lipinski definition) is 2. The smallest absolute Gasteiger partial charge is 0.0991 e. The Hall–Kier alpha value is -2.12. The van der Waals surface area contributed by atoms with E-state index in [9.17, 15) is 0 Å². The molecule has 0 radical (unpaired) electrons. The molecule has 2 aliphatic rings. The minimum atomic E-state index is 0.677. The summed E-state index contributed by atoms with van der Waals surface area (Å²) in [7, 11) is 0. The first-order chi connectivity index (χ1) is 7.38. The first kappa shape index (κ1) is 8.21. The van der Waals surface area contributed by atoms with Crippen molar-refractivity contribution in [1.29, 1.82) is 5.26 Å². The Labute approximate surface area is 86.2 Å². The molecule has 1 aromatic carbocycles. The van der Waals surface area contributed by atoms with Gasteiger partial charge in [0.2, 0.25) is 0 Å².